The maximum Gasteiger partial charge on any atom is 0.509 e. The van der Waals surface area contributed by atoms with Crippen LogP contribution in [0.5, 0.6) is 0 Å². The zero-order chi connectivity index (χ0) is 31.1. The van der Waals surface area contributed by atoms with E-state index in [0.717, 1.165) is 18.9 Å². The van der Waals surface area contributed by atoms with Crippen LogP contribution >= 0.6 is 0 Å². The first kappa shape index (κ1) is 32.1. The van der Waals surface area contributed by atoms with Crippen molar-refractivity contribution in [2.45, 2.75) is 96.7 Å². The van der Waals surface area contributed by atoms with Gasteiger partial charge in [0.15, 0.2) is 23.7 Å². The number of ether oxygens (including phenoxy) is 4. The summed E-state index contributed by atoms with van der Waals surface area (Å²) in [4.78, 5) is 51.1. The number of unbranched alkanes of at least 4 members (excludes halogenated alkanes) is 2. The number of carbonyl (C=O) groups is 4. The average molecular weight is 597 g/mol. The highest BCUT2D eigenvalue weighted by molar-refractivity contribution is 6.01. The van der Waals surface area contributed by atoms with Crippen molar-refractivity contribution in [3.63, 3.8) is 0 Å². The van der Waals surface area contributed by atoms with Gasteiger partial charge in [-0.25, -0.2) is 18.4 Å². The standard InChI is InChI=1S/C31H42F2O9/c1-6-8-9-12-40-27(38)42-31(25(36)17-41-26(37)39-7-2)18(3)13-20-21-15-23(32)22-14-19(34)10-11-28(22,4)30(21,33)24(35)16-29(20,31)5/h10-11,14,18,20-21,23-24,35H,6-9,12-13,15-17H2,1-5H3/t18-,20+,21+,23+,24+,28+,29+,30+,31+/m1/s1. The van der Waals surface area contributed by atoms with Crippen molar-refractivity contribution in [2.24, 2.45) is 28.6 Å². The van der Waals surface area contributed by atoms with E-state index in [9.17, 15) is 24.3 Å². The molecule has 4 aliphatic carbocycles. The molecule has 42 heavy (non-hydrogen) atoms. The van der Waals surface area contributed by atoms with E-state index >= 15 is 8.78 Å². The van der Waals surface area contributed by atoms with Gasteiger partial charge in [0.1, 0.15) is 6.17 Å². The van der Waals surface area contributed by atoms with Crippen molar-refractivity contribution in [1.82, 2.24) is 0 Å². The van der Waals surface area contributed by atoms with Crippen molar-refractivity contribution in [3.8, 4) is 0 Å². The molecule has 0 aromatic carbocycles. The summed E-state index contributed by atoms with van der Waals surface area (Å²) >= 11 is 0. The Hall–Kier alpha value is -2.82. The molecule has 9 atom stereocenters. The fourth-order valence-corrected chi connectivity index (χ4v) is 8.45. The monoisotopic (exact) mass is 596 g/mol. The van der Waals surface area contributed by atoms with Crippen LogP contribution < -0.4 is 0 Å². The quantitative estimate of drug-likeness (QED) is 0.276. The summed E-state index contributed by atoms with van der Waals surface area (Å²) in [5.74, 6) is -3.75. The molecule has 3 saturated carbocycles. The number of fused-ring (bicyclic) bond motifs is 5. The van der Waals surface area contributed by atoms with Crippen molar-refractivity contribution in [3.05, 3.63) is 23.8 Å². The van der Waals surface area contributed by atoms with Crippen molar-refractivity contribution >= 4 is 23.9 Å². The molecule has 9 nitrogen and oxygen atoms in total. The van der Waals surface area contributed by atoms with E-state index in [-0.39, 0.29) is 38.0 Å². The summed E-state index contributed by atoms with van der Waals surface area (Å²) < 4.78 is 54.3. The number of hydrogen-bond acceptors (Lipinski definition) is 9. The van der Waals surface area contributed by atoms with Gasteiger partial charge in [0.2, 0.25) is 5.78 Å². The van der Waals surface area contributed by atoms with Crippen LogP contribution in [0.4, 0.5) is 18.4 Å². The van der Waals surface area contributed by atoms with Crippen LogP contribution in [-0.2, 0) is 28.5 Å². The van der Waals surface area contributed by atoms with E-state index in [1.54, 1.807) is 20.8 Å². The molecule has 0 amide bonds. The number of carbonyl (C=O) groups excluding carboxylic acids is 4. The Labute approximate surface area is 245 Å². The molecule has 11 heteroatoms. The molecule has 234 valence electrons. The maximum absolute atomic E-state index is 17.5. The largest absolute Gasteiger partial charge is 0.509 e. The molecule has 1 N–H and O–H groups in total. The first-order chi connectivity index (χ1) is 19.7. The highest BCUT2D eigenvalue weighted by Crippen LogP contribution is 2.71. The van der Waals surface area contributed by atoms with E-state index in [1.807, 2.05) is 6.92 Å². The van der Waals surface area contributed by atoms with Crippen molar-refractivity contribution in [2.75, 3.05) is 19.8 Å². The molecular weight excluding hydrogens is 554 g/mol. The third-order valence-corrected chi connectivity index (χ3v) is 10.4. The Balaban J connectivity index is 1.75. The van der Waals surface area contributed by atoms with Gasteiger partial charge in [-0.1, -0.05) is 39.7 Å². The lowest BCUT2D eigenvalue weighted by atomic mass is 9.44. The topological polar surface area (TPSA) is 125 Å². The summed E-state index contributed by atoms with van der Waals surface area (Å²) in [7, 11) is 0. The number of halogens is 2. The predicted molar refractivity (Wildman–Crippen MR) is 146 cm³/mol. The Morgan fingerprint density at radius 3 is 2.43 bits per heavy atom. The number of Topliss-reactive ketones (excluding diaryl/α,β-unsaturated/α-hetero) is 1. The van der Waals surface area contributed by atoms with Gasteiger partial charge in [-0.3, -0.25) is 9.59 Å². The summed E-state index contributed by atoms with van der Waals surface area (Å²) in [5.41, 5.74) is -7.34. The highest BCUT2D eigenvalue weighted by Gasteiger charge is 2.78. The minimum Gasteiger partial charge on any atom is -0.435 e. The molecule has 0 saturated heterocycles. The predicted octanol–water partition coefficient (Wildman–Crippen LogP) is 5.38. The molecule has 0 radical (unpaired) electrons. The smallest absolute Gasteiger partial charge is 0.435 e. The molecule has 0 aliphatic heterocycles. The van der Waals surface area contributed by atoms with Gasteiger partial charge in [0.05, 0.1) is 19.3 Å². The van der Waals surface area contributed by atoms with Crippen LogP contribution in [0.3, 0.4) is 0 Å². The molecule has 0 spiro atoms. The fourth-order valence-electron chi connectivity index (χ4n) is 8.45. The van der Waals surface area contributed by atoms with Gasteiger partial charge in [-0.05, 0) is 63.2 Å². The number of hydrogen-bond donors (Lipinski definition) is 1. The van der Waals surface area contributed by atoms with E-state index in [4.69, 9.17) is 18.9 Å². The zero-order valence-electron chi connectivity index (χ0n) is 25.0. The first-order valence-electron chi connectivity index (χ1n) is 14.9. The fraction of sp³-hybridized carbons (Fsp3) is 0.742. The van der Waals surface area contributed by atoms with Gasteiger partial charge in [0.25, 0.3) is 0 Å². The van der Waals surface area contributed by atoms with Crippen LogP contribution in [0, 0.1) is 28.6 Å². The first-order valence-corrected chi connectivity index (χ1v) is 14.9. The second-order valence-electron chi connectivity index (χ2n) is 12.5. The second-order valence-corrected chi connectivity index (χ2v) is 12.5. The van der Waals surface area contributed by atoms with E-state index in [0.29, 0.717) is 6.42 Å². The van der Waals surface area contributed by atoms with Gasteiger partial charge in [-0.15, -0.1) is 0 Å². The van der Waals surface area contributed by atoms with Crippen LogP contribution in [0.15, 0.2) is 23.8 Å². The zero-order valence-corrected chi connectivity index (χ0v) is 25.0. The normalized spacial score (nSPS) is 40.2. The Kier molecular flexibility index (Phi) is 8.94. The van der Waals surface area contributed by atoms with E-state index < -0.39 is 82.6 Å². The molecule has 0 bridgehead atoms. The summed E-state index contributed by atoms with van der Waals surface area (Å²) in [5, 5.41) is 11.6. The second kappa shape index (κ2) is 11.7. The summed E-state index contributed by atoms with van der Waals surface area (Å²) in [6, 6.07) is 0. The third-order valence-electron chi connectivity index (χ3n) is 10.4. The Morgan fingerprint density at radius 2 is 1.76 bits per heavy atom. The molecule has 0 heterocycles. The van der Waals surface area contributed by atoms with Crippen LogP contribution in [0.1, 0.15) is 73.1 Å². The Morgan fingerprint density at radius 1 is 1.05 bits per heavy atom. The highest BCUT2D eigenvalue weighted by atomic mass is 19.1. The molecule has 0 aromatic heterocycles. The van der Waals surface area contributed by atoms with E-state index in [1.165, 1.54) is 19.1 Å². The van der Waals surface area contributed by atoms with Crippen LogP contribution in [0.2, 0.25) is 0 Å². The lowest BCUT2D eigenvalue weighted by Crippen LogP contribution is -2.71. The molecule has 0 aromatic rings. The Bertz CT molecular complexity index is 1170. The molecule has 4 aliphatic rings. The van der Waals surface area contributed by atoms with Gasteiger partial charge in [0, 0.05) is 22.7 Å². The molecule has 3 fully saturated rings. The minimum atomic E-state index is -2.37. The minimum absolute atomic E-state index is 0.0143. The van der Waals surface area contributed by atoms with Gasteiger partial charge >= 0.3 is 12.3 Å². The van der Waals surface area contributed by atoms with E-state index in [2.05, 4.69) is 0 Å². The van der Waals surface area contributed by atoms with Crippen molar-refractivity contribution in [1.29, 1.82) is 0 Å². The summed E-state index contributed by atoms with van der Waals surface area (Å²) in [6.45, 7) is 7.64. The van der Waals surface area contributed by atoms with Gasteiger partial charge < -0.3 is 24.1 Å². The average Bonchev–Trinajstić information content (AvgIpc) is 3.15. The van der Waals surface area contributed by atoms with Gasteiger partial charge in [-0.2, -0.15) is 0 Å². The summed E-state index contributed by atoms with van der Waals surface area (Å²) in [6.07, 6.45) is -0.111. The number of ketones is 2. The number of aliphatic hydroxyl groups is 1. The number of aliphatic hydroxyl groups excluding tert-OH is 1. The maximum atomic E-state index is 17.5. The number of rotatable bonds is 9. The van der Waals surface area contributed by atoms with Crippen LogP contribution in [0.25, 0.3) is 0 Å². The van der Waals surface area contributed by atoms with Crippen molar-refractivity contribution < 1.29 is 52.0 Å². The SMILES string of the molecule is CCCCCOC(=O)O[C@]1(C(=O)COC(=O)OCC)[C@H](C)C[C@H]2[C@@H]3C[C@H](F)C4=CC(=O)C=C[C@]4(C)[C@@]3(F)[C@@H](O)C[C@@]21C. The molecule has 0 unspecified atom stereocenters. The number of alkyl halides is 2. The lowest BCUT2D eigenvalue weighted by molar-refractivity contribution is -0.226. The lowest BCUT2D eigenvalue weighted by Gasteiger charge is -2.63. The van der Waals surface area contributed by atoms with Crippen LogP contribution in [-0.4, -0.2) is 72.3 Å². The number of allylic oxidation sites excluding steroid dienone is 4. The molecule has 4 rings (SSSR count). The third kappa shape index (κ3) is 4.75. The molecular formula is C31H42F2O9.